The molecule has 0 amide bonds. The molecule has 0 aliphatic rings. The van der Waals surface area contributed by atoms with E-state index in [-0.39, 0.29) is 6.04 Å². The van der Waals surface area contributed by atoms with Crippen LogP contribution in [-0.4, -0.2) is 0 Å². The van der Waals surface area contributed by atoms with Crippen LogP contribution in [0.25, 0.3) is 0 Å². The molecule has 0 bridgehead atoms. The highest BCUT2D eigenvalue weighted by atomic mass is 19.1. The average Bonchev–Trinajstić information content (AvgIpc) is 2.32. The van der Waals surface area contributed by atoms with Crippen molar-refractivity contribution in [1.82, 2.24) is 0 Å². The molecule has 1 unspecified atom stereocenters. The number of hydrogen-bond donors (Lipinski definition) is 1. The zero-order chi connectivity index (χ0) is 13.1. The van der Waals surface area contributed by atoms with Gasteiger partial charge in [-0.3, -0.25) is 0 Å². The molecule has 2 rings (SSSR count). The molecule has 1 atom stereocenters. The monoisotopic (exact) mass is 247 g/mol. The molecular formula is C15H15F2N. The molecule has 2 aromatic carbocycles. The predicted molar refractivity (Wildman–Crippen MR) is 68.2 cm³/mol. The molecule has 0 aliphatic heterocycles. The normalized spacial score (nSPS) is 12.4. The van der Waals surface area contributed by atoms with Crippen LogP contribution in [0.4, 0.5) is 8.78 Å². The van der Waals surface area contributed by atoms with E-state index in [2.05, 4.69) is 0 Å². The minimum absolute atomic E-state index is 0.287. The van der Waals surface area contributed by atoms with Crippen LogP contribution in [0.3, 0.4) is 0 Å². The third-order valence-corrected chi connectivity index (χ3v) is 2.93. The van der Waals surface area contributed by atoms with Crippen molar-refractivity contribution >= 4 is 0 Å². The van der Waals surface area contributed by atoms with E-state index < -0.39 is 11.6 Å². The lowest BCUT2D eigenvalue weighted by Crippen LogP contribution is -2.14. The van der Waals surface area contributed by atoms with Gasteiger partial charge in [-0.1, -0.05) is 35.9 Å². The van der Waals surface area contributed by atoms with Crippen molar-refractivity contribution < 1.29 is 8.78 Å². The molecule has 0 heterocycles. The summed E-state index contributed by atoms with van der Waals surface area (Å²) in [4.78, 5) is 0. The van der Waals surface area contributed by atoms with Gasteiger partial charge in [0.25, 0.3) is 0 Å². The topological polar surface area (TPSA) is 26.0 Å². The summed E-state index contributed by atoms with van der Waals surface area (Å²) in [5.41, 5.74) is 8.55. The van der Waals surface area contributed by atoms with Crippen molar-refractivity contribution in [2.75, 3.05) is 0 Å². The van der Waals surface area contributed by atoms with Crippen molar-refractivity contribution in [1.29, 1.82) is 0 Å². The van der Waals surface area contributed by atoms with Gasteiger partial charge in [-0.2, -0.15) is 0 Å². The van der Waals surface area contributed by atoms with Gasteiger partial charge >= 0.3 is 0 Å². The van der Waals surface area contributed by atoms with Crippen molar-refractivity contribution in [2.45, 2.75) is 19.4 Å². The summed E-state index contributed by atoms with van der Waals surface area (Å²) in [6, 6.07) is 11.1. The van der Waals surface area contributed by atoms with Crippen LogP contribution in [0.5, 0.6) is 0 Å². The van der Waals surface area contributed by atoms with Crippen molar-refractivity contribution in [3.05, 3.63) is 70.8 Å². The first kappa shape index (κ1) is 12.7. The van der Waals surface area contributed by atoms with Crippen LogP contribution in [0.15, 0.2) is 42.5 Å². The first-order valence-corrected chi connectivity index (χ1v) is 5.82. The van der Waals surface area contributed by atoms with Gasteiger partial charge < -0.3 is 5.73 Å². The minimum Gasteiger partial charge on any atom is -0.324 e. The lowest BCUT2D eigenvalue weighted by atomic mass is 9.98. The van der Waals surface area contributed by atoms with Crippen molar-refractivity contribution in [2.24, 2.45) is 5.73 Å². The van der Waals surface area contributed by atoms with Gasteiger partial charge in [-0.05, 0) is 30.5 Å². The highest BCUT2D eigenvalue weighted by Crippen LogP contribution is 2.19. The van der Waals surface area contributed by atoms with Crippen molar-refractivity contribution in [3.63, 3.8) is 0 Å². The average molecular weight is 247 g/mol. The van der Waals surface area contributed by atoms with Gasteiger partial charge in [0, 0.05) is 12.1 Å². The molecule has 3 heteroatoms. The van der Waals surface area contributed by atoms with E-state index in [4.69, 9.17) is 5.73 Å². The van der Waals surface area contributed by atoms with Gasteiger partial charge in [0.2, 0.25) is 0 Å². The summed E-state index contributed by atoms with van der Waals surface area (Å²) in [5, 5.41) is 0. The summed E-state index contributed by atoms with van der Waals surface area (Å²) in [6.07, 6.45) is 0.357. The third-order valence-electron chi connectivity index (χ3n) is 2.93. The van der Waals surface area contributed by atoms with E-state index >= 15 is 0 Å². The first-order chi connectivity index (χ1) is 8.56. The van der Waals surface area contributed by atoms with Gasteiger partial charge in [-0.25, -0.2) is 8.78 Å². The second-order valence-corrected chi connectivity index (χ2v) is 4.46. The Morgan fingerprint density at radius 3 is 2.56 bits per heavy atom. The van der Waals surface area contributed by atoms with Gasteiger partial charge in [0.15, 0.2) is 0 Å². The minimum atomic E-state index is -0.569. The number of nitrogens with two attached hydrogens (primary N) is 1. The van der Waals surface area contributed by atoms with Crippen molar-refractivity contribution in [3.8, 4) is 0 Å². The van der Waals surface area contributed by atoms with Gasteiger partial charge in [0.1, 0.15) is 11.6 Å². The smallest absolute Gasteiger partial charge is 0.129 e. The summed E-state index contributed by atoms with van der Waals surface area (Å²) < 4.78 is 26.3. The van der Waals surface area contributed by atoms with Crippen LogP contribution in [0, 0.1) is 18.6 Å². The Bertz CT molecular complexity index is 552. The van der Waals surface area contributed by atoms with Crippen LogP contribution in [-0.2, 0) is 6.42 Å². The largest absolute Gasteiger partial charge is 0.324 e. The van der Waals surface area contributed by atoms with Crippen LogP contribution < -0.4 is 5.73 Å². The molecule has 0 saturated carbocycles. The zero-order valence-electron chi connectivity index (χ0n) is 10.2. The molecule has 0 radical (unpaired) electrons. The Morgan fingerprint density at radius 1 is 1.11 bits per heavy atom. The van der Waals surface area contributed by atoms with E-state index in [0.29, 0.717) is 12.0 Å². The van der Waals surface area contributed by atoms with E-state index in [9.17, 15) is 8.78 Å². The Balaban J connectivity index is 2.18. The number of benzene rings is 2. The van der Waals surface area contributed by atoms with Crippen LogP contribution in [0.2, 0.25) is 0 Å². The Morgan fingerprint density at radius 2 is 1.89 bits per heavy atom. The molecular weight excluding hydrogens is 232 g/mol. The number of hydrogen-bond acceptors (Lipinski definition) is 1. The molecule has 2 aromatic rings. The molecule has 0 fully saturated rings. The molecule has 2 N–H and O–H groups in total. The maximum absolute atomic E-state index is 13.5. The standard InChI is InChI=1S/C15H15F2N/c1-10-3-2-4-12(7-10)15(18)8-11-5-6-13(16)9-14(11)17/h2-7,9,15H,8,18H2,1H3. The Kier molecular flexibility index (Phi) is 3.72. The molecule has 94 valence electrons. The highest BCUT2D eigenvalue weighted by Gasteiger charge is 2.11. The molecule has 1 nitrogen and oxygen atoms in total. The molecule has 0 aliphatic carbocycles. The summed E-state index contributed by atoms with van der Waals surface area (Å²) in [5.74, 6) is -1.11. The Labute approximate surface area is 105 Å². The Hall–Kier alpha value is -1.74. The SMILES string of the molecule is Cc1cccc(C(N)Cc2ccc(F)cc2F)c1. The number of aryl methyl sites for hydroxylation is 1. The van der Waals surface area contributed by atoms with Gasteiger partial charge in [-0.15, -0.1) is 0 Å². The van der Waals surface area contributed by atoms with E-state index in [1.807, 2.05) is 31.2 Å². The van der Waals surface area contributed by atoms with Crippen LogP contribution in [0.1, 0.15) is 22.7 Å². The second kappa shape index (κ2) is 5.27. The first-order valence-electron chi connectivity index (χ1n) is 5.82. The fourth-order valence-corrected chi connectivity index (χ4v) is 1.94. The van der Waals surface area contributed by atoms with E-state index in [1.54, 1.807) is 0 Å². The lowest BCUT2D eigenvalue weighted by molar-refractivity contribution is 0.563. The number of rotatable bonds is 3. The zero-order valence-corrected chi connectivity index (χ0v) is 10.2. The molecule has 0 saturated heterocycles. The summed E-state index contributed by atoms with van der Waals surface area (Å²) >= 11 is 0. The van der Waals surface area contributed by atoms with E-state index in [0.717, 1.165) is 17.2 Å². The predicted octanol–water partition coefficient (Wildman–Crippen LogP) is 3.52. The summed E-state index contributed by atoms with van der Waals surface area (Å²) in [7, 11) is 0. The molecule has 0 aromatic heterocycles. The maximum Gasteiger partial charge on any atom is 0.129 e. The third kappa shape index (κ3) is 2.93. The number of halogens is 2. The molecule has 0 spiro atoms. The maximum atomic E-state index is 13.5. The summed E-state index contributed by atoms with van der Waals surface area (Å²) in [6.45, 7) is 1.98. The highest BCUT2D eigenvalue weighted by molar-refractivity contribution is 5.27. The molecule has 18 heavy (non-hydrogen) atoms. The lowest BCUT2D eigenvalue weighted by Gasteiger charge is -2.13. The fraction of sp³-hybridized carbons (Fsp3) is 0.200. The van der Waals surface area contributed by atoms with E-state index in [1.165, 1.54) is 12.1 Å². The fourth-order valence-electron chi connectivity index (χ4n) is 1.94. The van der Waals surface area contributed by atoms with Gasteiger partial charge in [0.05, 0.1) is 0 Å². The quantitative estimate of drug-likeness (QED) is 0.882. The van der Waals surface area contributed by atoms with Crippen LogP contribution >= 0.6 is 0 Å². The second-order valence-electron chi connectivity index (χ2n) is 4.46.